The van der Waals surface area contributed by atoms with Gasteiger partial charge in [0, 0.05) is 12.2 Å². The van der Waals surface area contributed by atoms with Gasteiger partial charge in [-0.25, -0.2) is 0 Å². The van der Waals surface area contributed by atoms with Crippen LogP contribution in [-0.4, -0.2) is 24.9 Å². The smallest absolute Gasteiger partial charge is 0.0720 e. The molecule has 0 amide bonds. The zero-order valence-electron chi connectivity index (χ0n) is 9.52. The number of nitrogens with two attached hydrogens (primary N) is 2. The van der Waals surface area contributed by atoms with Crippen molar-refractivity contribution in [1.82, 2.24) is 0 Å². The van der Waals surface area contributed by atoms with Gasteiger partial charge in [-0.1, -0.05) is 0 Å². The number of hydroxylamine groups is 1. The van der Waals surface area contributed by atoms with E-state index in [1.54, 1.807) is 11.1 Å². The van der Waals surface area contributed by atoms with Crippen molar-refractivity contribution in [3.05, 3.63) is 23.8 Å². The van der Waals surface area contributed by atoms with Crippen LogP contribution in [0.2, 0.25) is 0 Å². The third-order valence-electron chi connectivity index (χ3n) is 2.22. The Bertz CT molecular complexity index is 325. The molecule has 5 N–H and O–H groups in total. The molecule has 1 aromatic carbocycles. The van der Waals surface area contributed by atoms with Gasteiger partial charge in [-0.15, -0.1) is 0 Å². The highest BCUT2D eigenvalue weighted by Gasteiger charge is 2.07. The van der Waals surface area contributed by atoms with E-state index in [0.29, 0.717) is 25.4 Å². The molecule has 1 rings (SSSR count). The molecule has 0 saturated carbocycles. The van der Waals surface area contributed by atoms with Gasteiger partial charge < -0.3 is 16.6 Å². The Balaban J connectivity index is 2.90. The van der Waals surface area contributed by atoms with Crippen molar-refractivity contribution in [2.75, 3.05) is 30.6 Å². The Hall–Kier alpha value is -1.30. The third kappa shape index (κ3) is 3.10. The van der Waals surface area contributed by atoms with Crippen LogP contribution in [0, 0.1) is 0 Å². The molecule has 0 aliphatic carbocycles. The molecular formula is C11H19N3O2. The van der Waals surface area contributed by atoms with E-state index in [4.69, 9.17) is 21.4 Å². The largest absolute Gasteiger partial charge is 0.398 e. The highest BCUT2D eigenvalue weighted by molar-refractivity contribution is 5.57. The Morgan fingerprint density at radius 3 is 2.75 bits per heavy atom. The number of hydrogen-bond acceptors (Lipinski definition) is 5. The lowest BCUT2D eigenvalue weighted by Gasteiger charge is -2.23. The van der Waals surface area contributed by atoms with Crippen LogP contribution in [0.5, 0.6) is 0 Å². The van der Waals surface area contributed by atoms with E-state index < -0.39 is 0 Å². The first-order valence-corrected chi connectivity index (χ1v) is 5.32. The SMILES string of the molecule is CCON(CCO)c1ccc(N)c(CN)c1. The number of rotatable bonds is 6. The minimum Gasteiger partial charge on any atom is -0.398 e. The van der Waals surface area contributed by atoms with Crippen molar-refractivity contribution in [2.24, 2.45) is 5.73 Å². The van der Waals surface area contributed by atoms with Crippen molar-refractivity contribution in [2.45, 2.75) is 13.5 Å². The van der Waals surface area contributed by atoms with E-state index >= 15 is 0 Å². The minimum atomic E-state index is 0.0301. The average Bonchev–Trinajstić information content (AvgIpc) is 2.29. The van der Waals surface area contributed by atoms with Crippen LogP contribution in [0.3, 0.4) is 0 Å². The summed E-state index contributed by atoms with van der Waals surface area (Å²) in [5, 5.41) is 10.6. The van der Waals surface area contributed by atoms with Gasteiger partial charge in [-0.2, -0.15) is 0 Å². The molecule has 90 valence electrons. The molecule has 0 bridgehead atoms. The zero-order valence-corrected chi connectivity index (χ0v) is 9.52. The predicted molar refractivity (Wildman–Crippen MR) is 64.8 cm³/mol. The van der Waals surface area contributed by atoms with Gasteiger partial charge in [0.25, 0.3) is 0 Å². The van der Waals surface area contributed by atoms with Crippen molar-refractivity contribution >= 4 is 11.4 Å². The fourth-order valence-electron chi connectivity index (χ4n) is 1.44. The number of nitrogens with zero attached hydrogens (tertiary/aromatic N) is 1. The molecule has 5 heteroatoms. The van der Waals surface area contributed by atoms with Crippen molar-refractivity contribution in [3.8, 4) is 0 Å². The third-order valence-corrected chi connectivity index (χ3v) is 2.22. The summed E-state index contributed by atoms with van der Waals surface area (Å²) in [4.78, 5) is 5.40. The quantitative estimate of drug-likeness (QED) is 0.484. The van der Waals surface area contributed by atoms with E-state index in [1.807, 2.05) is 19.1 Å². The summed E-state index contributed by atoms with van der Waals surface area (Å²) in [6, 6.07) is 5.52. The predicted octanol–water partition coefficient (Wildman–Crippen LogP) is 0.478. The van der Waals surface area contributed by atoms with E-state index in [0.717, 1.165) is 11.3 Å². The maximum atomic E-state index is 8.93. The van der Waals surface area contributed by atoms with Gasteiger partial charge in [-0.05, 0) is 30.7 Å². The lowest BCUT2D eigenvalue weighted by atomic mass is 10.1. The molecule has 0 radical (unpaired) electrons. The Morgan fingerprint density at radius 2 is 2.19 bits per heavy atom. The fraction of sp³-hybridized carbons (Fsp3) is 0.455. The average molecular weight is 225 g/mol. The van der Waals surface area contributed by atoms with E-state index in [9.17, 15) is 0 Å². The van der Waals surface area contributed by atoms with Gasteiger partial charge in [0.05, 0.1) is 25.4 Å². The summed E-state index contributed by atoms with van der Waals surface area (Å²) in [7, 11) is 0. The molecular weight excluding hydrogens is 206 g/mol. The topological polar surface area (TPSA) is 84.7 Å². The summed E-state index contributed by atoms with van der Waals surface area (Å²) in [6.45, 7) is 3.27. The molecule has 5 nitrogen and oxygen atoms in total. The van der Waals surface area contributed by atoms with Crippen molar-refractivity contribution < 1.29 is 9.94 Å². The van der Waals surface area contributed by atoms with Crippen molar-refractivity contribution in [1.29, 1.82) is 0 Å². The lowest BCUT2D eigenvalue weighted by Crippen LogP contribution is -2.27. The van der Waals surface area contributed by atoms with E-state index in [1.165, 1.54) is 0 Å². The van der Waals surface area contributed by atoms with Crippen LogP contribution in [-0.2, 0) is 11.4 Å². The molecule has 0 aliphatic rings. The Labute approximate surface area is 95.6 Å². The number of aliphatic hydroxyl groups excluding tert-OH is 1. The fourth-order valence-corrected chi connectivity index (χ4v) is 1.44. The molecule has 0 heterocycles. The lowest BCUT2D eigenvalue weighted by molar-refractivity contribution is 0.107. The first-order chi connectivity index (χ1) is 7.72. The van der Waals surface area contributed by atoms with Crippen LogP contribution >= 0.6 is 0 Å². The second kappa shape index (κ2) is 6.32. The monoisotopic (exact) mass is 225 g/mol. The summed E-state index contributed by atoms with van der Waals surface area (Å²) in [5.41, 5.74) is 13.7. The van der Waals surface area contributed by atoms with Crippen molar-refractivity contribution in [3.63, 3.8) is 0 Å². The second-order valence-electron chi connectivity index (χ2n) is 3.33. The van der Waals surface area contributed by atoms with Crippen LogP contribution in [0.1, 0.15) is 12.5 Å². The molecule has 0 fully saturated rings. The highest BCUT2D eigenvalue weighted by atomic mass is 16.7. The van der Waals surface area contributed by atoms with E-state index in [-0.39, 0.29) is 6.61 Å². The molecule has 1 aromatic rings. The summed E-state index contributed by atoms with van der Waals surface area (Å²) < 4.78 is 0. The van der Waals surface area contributed by atoms with Crippen LogP contribution in [0.15, 0.2) is 18.2 Å². The summed E-state index contributed by atoms with van der Waals surface area (Å²) in [5.74, 6) is 0. The van der Waals surface area contributed by atoms with Crippen LogP contribution < -0.4 is 16.5 Å². The Morgan fingerprint density at radius 1 is 1.44 bits per heavy atom. The maximum Gasteiger partial charge on any atom is 0.0720 e. The van der Waals surface area contributed by atoms with Gasteiger partial charge in [0.15, 0.2) is 0 Å². The summed E-state index contributed by atoms with van der Waals surface area (Å²) in [6.07, 6.45) is 0. The zero-order chi connectivity index (χ0) is 12.0. The van der Waals surface area contributed by atoms with Gasteiger partial charge in [-0.3, -0.25) is 9.90 Å². The van der Waals surface area contributed by atoms with Gasteiger partial charge >= 0.3 is 0 Å². The molecule has 0 spiro atoms. The standard InChI is InChI=1S/C11H19N3O2/c1-2-16-14(5-6-15)10-3-4-11(13)9(7-10)8-12/h3-4,7,15H,2,5-6,8,12-13H2,1H3. The number of aliphatic hydroxyl groups is 1. The Kier molecular flexibility index (Phi) is 5.04. The van der Waals surface area contributed by atoms with E-state index in [2.05, 4.69) is 0 Å². The molecule has 0 unspecified atom stereocenters. The normalized spacial score (nSPS) is 10.4. The number of anilines is 2. The number of hydrogen-bond donors (Lipinski definition) is 3. The first kappa shape index (κ1) is 12.8. The van der Waals surface area contributed by atoms with Gasteiger partial charge in [0.1, 0.15) is 0 Å². The molecule has 0 atom stereocenters. The molecule has 16 heavy (non-hydrogen) atoms. The second-order valence-corrected chi connectivity index (χ2v) is 3.33. The minimum absolute atomic E-state index is 0.0301. The maximum absolute atomic E-state index is 8.93. The highest BCUT2D eigenvalue weighted by Crippen LogP contribution is 2.21. The number of benzene rings is 1. The molecule has 0 aliphatic heterocycles. The first-order valence-electron chi connectivity index (χ1n) is 5.32. The molecule has 0 saturated heterocycles. The van der Waals surface area contributed by atoms with Crippen LogP contribution in [0.4, 0.5) is 11.4 Å². The number of nitrogen functional groups attached to an aromatic ring is 1. The van der Waals surface area contributed by atoms with Gasteiger partial charge in [0.2, 0.25) is 0 Å². The van der Waals surface area contributed by atoms with Crippen LogP contribution in [0.25, 0.3) is 0 Å². The molecule has 0 aromatic heterocycles. The summed E-state index contributed by atoms with van der Waals surface area (Å²) >= 11 is 0.